The molecule has 1 aromatic carbocycles. The molecule has 21 heavy (non-hydrogen) atoms. The predicted molar refractivity (Wildman–Crippen MR) is 79.3 cm³/mol. The molecule has 6 nitrogen and oxygen atoms in total. The Balaban J connectivity index is 2.76. The first kappa shape index (κ1) is 16.7. The number of nitrogens with zero attached hydrogens (tertiary/aromatic N) is 1. The van der Waals surface area contributed by atoms with Gasteiger partial charge in [-0.05, 0) is 45.0 Å². The number of nitrogens with one attached hydrogen (secondary N) is 1. The Labute approximate surface area is 124 Å². The van der Waals surface area contributed by atoms with Crippen LogP contribution in [0.5, 0.6) is 0 Å². The number of urea groups is 1. The first-order valence-corrected chi connectivity index (χ1v) is 6.60. The molecule has 0 spiro atoms. The summed E-state index contributed by atoms with van der Waals surface area (Å²) in [6, 6.07) is 6.01. The summed E-state index contributed by atoms with van der Waals surface area (Å²) in [7, 11) is 1.28. The van der Waals surface area contributed by atoms with E-state index in [1.807, 2.05) is 0 Å². The minimum Gasteiger partial charge on any atom is -0.468 e. The van der Waals surface area contributed by atoms with E-state index in [-0.39, 0.29) is 18.4 Å². The van der Waals surface area contributed by atoms with Crippen LogP contribution in [0.3, 0.4) is 0 Å². The zero-order valence-corrected chi connectivity index (χ0v) is 12.7. The number of hydrogen-bond acceptors (Lipinski definition) is 4. The Morgan fingerprint density at radius 1 is 1.19 bits per heavy atom. The third-order valence-corrected chi connectivity index (χ3v) is 2.95. The highest BCUT2D eigenvalue weighted by Gasteiger charge is 2.20. The van der Waals surface area contributed by atoms with Crippen molar-refractivity contribution in [2.24, 2.45) is 0 Å². The van der Waals surface area contributed by atoms with E-state index in [0.29, 0.717) is 11.3 Å². The van der Waals surface area contributed by atoms with Gasteiger partial charge in [0.1, 0.15) is 6.54 Å². The van der Waals surface area contributed by atoms with Gasteiger partial charge in [-0.3, -0.25) is 9.59 Å². The molecule has 6 heteroatoms. The molecule has 0 aliphatic carbocycles. The van der Waals surface area contributed by atoms with Gasteiger partial charge in [-0.2, -0.15) is 0 Å². The van der Waals surface area contributed by atoms with Gasteiger partial charge in [0.25, 0.3) is 0 Å². The molecule has 2 amide bonds. The number of carbonyl (C=O) groups excluding carboxylic acids is 3. The summed E-state index contributed by atoms with van der Waals surface area (Å²) in [5.74, 6) is -0.520. The van der Waals surface area contributed by atoms with Crippen LogP contribution < -0.4 is 5.32 Å². The number of anilines is 1. The van der Waals surface area contributed by atoms with Crippen molar-refractivity contribution in [2.75, 3.05) is 19.0 Å². The van der Waals surface area contributed by atoms with Crippen molar-refractivity contribution in [3.8, 4) is 0 Å². The summed E-state index contributed by atoms with van der Waals surface area (Å²) < 4.78 is 4.58. The molecule has 0 aliphatic rings. The minimum atomic E-state index is -0.481. The Morgan fingerprint density at radius 3 is 2.19 bits per heavy atom. The molecule has 0 fully saturated rings. The number of ether oxygens (including phenoxy) is 1. The lowest BCUT2D eigenvalue weighted by Crippen LogP contribution is -2.43. The van der Waals surface area contributed by atoms with Crippen molar-refractivity contribution in [1.82, 2.24) is 4.90 Å². The van der Waals surface area contributed by atoms with Crippen molar-refractivity contribution < 1.29 is 19.1 Å². The van der Waals surface area contributed by atoms with Crippen LogP contribution in [0.1, 0.15) is 31.1 Å². The van der Waals surface area contributed by atoms with E-state index >= 15 is 0 Å². The van der Waals surface area contributed by atoms with E-state index in [2.05, 4.69) is 10.1 Å². The quantitative estimate of drug-likeness (QED) is 0.667. The topological polar surface area (TPSA) is 75.7 Å². The fourth-order valence-corrected chi connectivity index (χ4v) is 1.68. The number of esters is 1. The third-order valence-electron chi connectivity index (χ3n) is 2.95. The van der Waals surface area contributed by atoms with Gasteiger partial charge < -0.3 is 15.0 Å². The predicted octanol–water partition coefficient (Wildman–Crippen LogP) is 2.30. The molecular weight excluding hydrogens is 272 g/mol. The van der Waals surface area contributed by atoms with Crippen LogP contribution in [0, 0.1) is 0 Å². The molecule has 0 saturated heterocycles. The fraction of sp³-hybridized carbons (Fsp3) is 0.400. The van der Waals surface area contributed by atoms with E-state index in [1.165, 1.54) is 18.9 Å². The SMILES string of the molecule is COC(=O)CN(C(=O)Nc1ccc(C(C)=O)cc1)C(C)C. The monoisotopic (exact) mass is 292 g/mol. The molecule has 0 bridgehead atoms. The van der Waals surface area contributed by atoms with Crippen molar-refractivity contribution in [1.29, 1.82) is 0 Å². The van der Waals surface area contributed by atoms with E-state index in [1.54, 1.807) is 38.1 Å². The summed E-state index contributed by atoms with van der Waals surface area (Å²) in [4.78, 5) is 36.0. The Bertz CT molecular complexity index is 523. The van der Waals surface area contributed by atoms with Gasteiger partial charge in [-0.25, -0.2) is 4.79 Å². The molecular formula is C15H20N2O4. The molecule has 0 radical (unpaired) electrons. The van der Waals surface area contributed by atoms with Crippen LogP contribution in [0.15, 0.2) is 24.3 Å². The van der Waals surface area contributed by atoms with Gasteiger partial charge in [0.05, 0.1) is 7.11 Å². The molecule has 0 heterocycles. The molecule has 1 rings (SSSR count). The number of rotatable bonds is 5. The number of benzene rings is 1. The Kier molecular flexibility index (Phi) is 5.90. The number of ketones is 1. The first-order chi connectivity index (χ1) is 9.85. The second kappa shape index (κ2) is 7.42. The number of amides is 2. The van der Waals surface area contributed by atoms with E-state index in [4.69, 9.17) is 0 Å². The lowest BCUT2D eigenvalue weighted by atomic mass is 10.1. The first-order valence-electron chi connectivity index (χ1n) is 6.60. The third kappa shape index (κ3) is 4.91. The lowest BCUT2D eigenvalue weighted by molar-refractivity contribution is -0.141. The number of methoxy groups -OCH3 is 1. The van der Waals surface area contributed by atoms with Gasteiger partial charge in [0.15, 0.2) is 5.78 Å². The van der Waals surface area contributed by atoms with E-state index < -0.39 is 12.0 Å². The summed E-state index contributed by atoms with van der Waals surface area (Å²) >= 11 is 0. The smallest absolute Gasteiger partial charge is 0.325 e. The Hall–Kier alpha value is -2.37. The number of hydrogen-bond donors (Lipinski definition) is 1. The highest BCUT2D eigenvalue weighted by molar-refractivity contribution is 5.95. The van der Waals surface area contributed by atoms with Gasteiger partial charge in [0.2, 0.25) is 0 Å². The maximum atomic E-state index is 12.2. The van der Waals surface area contributed by atoms with Crippen molar-refractivity contribution >= 4 is 23.5 Å². The zero-order valence-electron chi connectivity index (χ0n) is 12.7. The highest BCUT2D eigenvalue weighted by atomic mass is 16.5. The summed E-state index contributed by atoms with van der Waals surface area (Å²) in [5, 5.41) is 2.69. The zero-order chi connectivity index (χ0) is 16.0. The number of carbonyl (C=O) groups is 3. The molecule has 0 unspecified atom stereocenters. The van der Waals surface area contributed by atoms with Crippen molar-refractivity contribution in [3.05, 3.63) is 29.8 Å². The van der Waals surface area contributed by atoms with Crippen LogP contribution in [-0.2, 0) is 9.53 Å². The number of Topliss-reactive ketones (excluding diaryl/α,β-unsaturated/α-hetero) is 1. The van der Waals surface area contributed by atoms with Crippen molar-refractivity contribution in [2.45, 2.75) is 26.8 Å². The Morgan fingerprint density at radius 2 is 1.76 bits per heavy atom. The van der Waals surface area contributed by atoms with Crippen LogP contribution in [0.25, 0.3) is 0 Å². The van der Waals surface area contributed by atoms with Gasteiger partial charge in [-0.15, -0.1) is 0 Å². The van der Waals surface area contributed by atoms with E-state index in [9.17, 15) is 14.4 Å². The van der Waals surface area contributed by atoms with Crippen LogP contribution >= 0.6 is 0 Å². The lowest BCUT2D eigenvalue weighted by Gasteiger charge is -2.25. The highest BCUT2D eigenvalue weighted by Crippen LogP contribution is 2.12. The van der Waals surface area contributed by atoms with Gasteiger partial charge in [0, 0.05) is 17.3 Å². The summed E-state index contributed by atoms with van der Waals surface area (Å²) in [6.45, 7) is 4.97. The fourth-order valence-electron chi connectivity index (χ4n) is 1.68. The maximum Gasteiger partial charge on any atom is 0.325 e. The average Bonchev–Trinajstić information content (AvgIpc) is 2.44. The van der Waals surface area contributed by atoms with E-state index in [0.717, 1.165) is 0 Å². The van der Waals surface area contributed by atoms with Crippen LogP contribution in [0.2, 0.25) is 0 Å². The second-order valence-corrected chi connectivity index (χ2v) is 4.86. The molecule has 0 saturated carbocycles. The molecule has 1 aromatic rings. The van der Waals surface area contributed by atoms with Gasteiger partial charge in [-0.1, -0.05) is 0 Å². The molecule has 1 N–H and O–H groups in total. The summed E-state index contributed by atoms with van der Waals surface area (Å²) in [5.41, 5.74) is 1.13. The largest absolute Gasteiger partial charge is 0.468 e. The summed E-state index contributed by atoms with van der Waals surface area (Å²) in [6.07, 6.45) is 0. The molecule has 0 aromatic heterocycles. The second-order valence-electron chi connectivity index (χ2n) is 4.86. The standard InChI is InChI=1S/C15H20N2O4/c1-10(2)17(9-14(19)21-4)15(20)16-13-7-5-12(6-8-13)11(3)18/h5-8,10H,9H2,1-4H3,(H,16,20). The van der Waals surface area contributed by atoms with Crippen LogP contribution in [-0.4, -0.2) is 42.4 Å². The molecule has 114 valence electrons. The normalized spacial score (nSPS) is 10.1. The van der Waals surface area contributed by atoms with Crippen molar-refractivity contribution in [3.63, 3.8) is 0 Å². The van der Waals surface area contributed by atoms with Crippen LogP contribution in [0.4, 0.5) is 10.5 Å². The average molecular weight is 292 g/mol. The molecule has 0 atom stereocenters. The minimum absolute atomic E-state index is 0.0395. The molecule has 0 aliphatic heterocycles. The maximum absolute atomic E-state index is 12.2. The van der Waals surface area contributed by atoms with Gasteiger partial charge >= 0.3 is 12.0 Å².